The molecule has 0 saturated heterocycles. The quantitative estimate of drug-likeness (QED) is 0.237. The number of carbonyl (C=O) groups excluding carboxylic acids is 2. The van der Waals surface area contributed by atoms with E-state index < -0.39 is 0 Å². The number of hydrogen-bond acceptors (Lipinski definition) is 7. The molecule has 4 aromatic rings. The van der Waals surface area contributed by atoms with Crippen molar-refractivity contribution in [2.75, 3.05) is 30.6 Å². The molecule has 0 unspecified atom stereocenters. The lowest BCUT2D eigenvalue weighted by Crippen LogP contribution is -2.13. The highest BCUT2D eigenvalue weighted by atomic mass is 35.5. The topological polar surface area (TPSA) is 89.5 Å². The van der Waals surface area contributed by atoms with Gasteiger partial charge in [0.15, 0.2) is 16.6 Å². The molecule has 0 atom stereocenters. The van der Waals surface area contributed by atoms with Crippen molar-refractivity contribution in [3.63, 3.8) is 0 Å². The van der Waals surface area contributed by atoms with Crippen molar-refractivity contribution < 1.29 is 19.1 Å². The number of benzene rings is 3. The van der Waals surface area contributed by atoms with E-state index in [0.29, 0.717) is 32.9 Å². The number of nitrogens with one attached hydrogen (secondary N) is 2. The molecule has 1 aromatic heterocycles. The standard InChI is InChI=1S/C26H22ClN3O4S2/c1-33-22-12-5-17(13-23(22)34-2)25(32)28-19-8-10-20(11-9-19)35-15-24(31)30-26-29-21(14-36-26)16-3-6-18(27)7-4-16/h3-14H,15H2,1-2H3,(H,28,32)(H,29,30,31). The number of thiazole rings is 1. The number of nitrogens with zero attached hydrogens (tertiary/aromatic N) is 1. The molecule has 0 radical (unpaired) electrons. The minimum Gasteiger partial charge on any atom is -0.493 e. The van der Waals surface area contributed by atoms with Crippen LogP contribution in [0.4, 0.5) is 10.8 Å². The molecule has 0 bridgehead atoms. The lowest BCUT2D eigenvalue weighted by Gasteiger charge is -2.10. The zero-order valence-electron chi connectivity index (χ0n) is 19.4. The zero-order chi connectivity index (χ0) is 25.5. The largest absolute Gasteiger partial charge is 0.493 e. The van der Waals surface area contributed by atoms with Crippen LogP contribution >= 0.6 is 34.7 Å². The Balaban J connectivity index is 1.28. The number of hydrogen-bond donors (Lipinski definition) is 2. The maximum absolute atomic E-state index is 12.6. The highest BCUT2D eigenvalue weighted by molar-refractivity contribution is 8.00. The van der Waals surface area contributed by atoms with Crippen molar-refractivity contribution >= 4 is 57.3 Å². The van der Waals surface area contributed by atoms with Crippen LogP contribution in [0.25, 0.3) is 11.3 Å². The molecule has 0 aliphatic heterocycles. The normalized spacial score (nSPS) is 10.5. The highest BCUT2D eigenvalue weighted by Gasteiger charge is 2.12. The predicted octanol–water partition coefficient (Wildman–Crippen LogP) is 6.46. The van der Waals surface area contributed by atoms with Gasteiger partial charge in [-0.2, -0.15) is 0 Å². The van der Waals surface area contributed by atoms with E-state index in [-0.39, 0.29) is 17.6 Å². The SMILES string of the molecule is COc1ccc(C(=O)Nc2ccc(SCC(=O)Nc3nc(-c4ccc(Cl)cc4)cs3)cc2)cc1OC. The molecule has 0 aliphatic rings. The van der Waals surface area contributed by atoms with Crippen LogP contribution in [-0.4, -0.2) is 36.8 Å². The third-order valence-electron chi connectivity index (χ3n) is 5.02. The highest BCUT2D eigenvalue weighted by Crippen LogP contribution is 2.29. The summed E-state index contributed by atoms with van der Waals surface area (Å²) >= 11 is 8.69. The van der Waals surface area contributed by atoms with E-state index in [2.05, 4.69) is 15.6 Å². The molecule has 36 heavy (non-hydrogen) atoms. The minimum atomic E-state index is -0.267. The van der Waals surface area contributed by atoms with Crippen molar-refractivity contribution in [2.45, 2.75) is 4.90 Å². The second-order valence-electron chi connectivity index (χ2n) is 7.43. The number of ether oxygens (including phenoxy) is 2. The van der Waals surface area contributed by atoms with Gasteiger partial charge in [-0.05, 0) is 54.6 Å². The molecule has 3 aromatic carbocycles. The molecular formula is C26H22ClN3O4S2. The summed E-state index contributed by atoms with van der Waals surface area (Å²) in [5.74, 6) is 0.846. The number of amides is 2. The first-order valence-electron chi connectivity index (χ1n) is 10.7. The van der Waals surface area contributed by atoms with E-state index >= 15 is 0 Å². The monoisotopic (exact) mass is 539 g/mol. The van der Waals surface area contributed by atoms with Gasteiger partial charge in [-0.1, -0.05) is 23.7 Å². The van der Waals surface area contributed by atoms with Crippen LogP contribution < -0.4 is 20.1 Å². The van der Waals surface area contributed by atoms with Crippen LogP contribution in [0, 0.1) is 0 Å². The Hall–Kier alpha value is -3.53. The van der Waals surface area contributed by atoms with Gasteiger partial charge >= 0.3 is 0 Å². The van der Waals surface area contributed by atoms with Crippen LogP contribution in [0.15, 0.2) is 77.0 Å². The molecule has 1 heterocycles. The second kappa shape index (κ2) is 11.9. The summed E-state index contributed by atoms with van der Waals surface area (Å²) in [6.07, 6.45) is 0. The van der Waals surface area contributed by atoms with Gasteiger partial charge in [0.05, 0.1) is 25.7 Å². The fraction of sp³-hybridized carbons (Fsp3) is 0.115. The van der Waals surface area contributed by atoms with Gasteiger partial charge in [-0.3, -0.25) is 9.59 Å². The Kier molecular flexibility index (Phi) is 8.48. The summed E-state index contributed by atoms with van der Waals surface area (Å²) < 4.78 is 10.5. The molecule has 2 amide bonds. The Morgan fingerprint density at radius 2 is 1.67 bits per heavy atom. The number of aromatic nitrogens is 1. The first-order chi connectivity index (χ1) is 17.4. The molecule has 0 saturated carbocycles. The van der Waals surface area contributed by atoms with Crippen molar-refractivity contribution in [1.82, 2.24) is 4.98 Å². The fourth-order valence-corrected chi connectivity index (χ4v) is 4.76. The van der Waals surface area contributed by atoms with Gasteiger partial charge in [0.25, 0.3) is 5.91 Å². The maximum Gasteiger partial charge on any atom is 0.255 e. The van der Waals surface area contributed by atoms with E-state index in [4.69, 9.17) is 21.1 Å². The number of rotatable bonds is 9. The molecule has 184 valence electrons. The van der Waals surface area contributed by atoms with Gasteiger partial charge in [0, 0.05) is 32.1 Å². The summed E-state index contributed by atoms with van der Waals surface area (Å²) in [4.78, 5) is 30.3. The van der Waals surface area contributed by atoms with Crippen molar-refractivity contribution in [3.05, 3.63) is 82.7 Å². The van der Waals surface area contributed by atoms with E-state index in [0.717, 1.165) is 16.2 Å². The Labute approximate surface area is 221 Å². The summed E-state index contributed by atoms with van der Waals surface area (Å²) in [5, 5.41) is 8.78. The number of carbonyl (C=O) groups is 2. The lowest BCUT2D eigenvalue weighted by molar-refractivity contribution is -0.113. The van der Waals surface area contributed by atoms with Gasteiger partial charge < -0.3 is 20.1 Å². The van der Waals surface area contributed by atoms with Crippen LogP contribution in [0.1, 0.15) is 10.4 Å². The lowest BCUT2D eigenvalue weighted by atomic mass is 10.2. The second-order valence-corrected chi connectivity index (χ2v) is 9.77. The number of thioether (sulfide) groups is 1. The first-order valence-corrected chi connectivity index (χ1v) is 13.0. The Morgan fingerprint density at radius 3 is 2.36 bits per heavy atom. The van der Waals surface area contributed by atoms with E-state index in [1.54, 1.807) is 49.6 Å². The maximum atomic E-state index is 12.6. The number of methoxy groups -OCH3 is 2. The average Bonchev–Trinajstić information content (AvgIpc) is 3.36. The molecule has 0 aliphatic carbocycles. The van der Waals surface area contributed by atoms with E-state index in [1.165, 1.54) is 30.2 Å². The van der Waals surface area contributed by atoms with Gasteiger partial charge in [0.2, 0.25) is 5.91 Å². The summed E-state index contributed by atoms with van der Waals surface area (Å²) in [6, 6.07) is 19.6. The molecule has 10 heteroatoms. The molecular weight excluding hydrogens is 518 g/mol. The third kappa shape index (κ3) is 6.57. The van der Waals surface area contributed by atoms with Gasteiger partial charge in [-0.15, -0.1) is 23.1 Å². The van der Waals surface area contributed by atoms with Gasteiger partial charge in [-0.25, -0.2) is 4.98 Å². The molecule has 0 spiro atoms. The van der Waals surface area contributed by atoms with E-state index in [9.17, 15) is 9.59 Å². The Morgan fingerprint density at radius 1 is 0.944 bits per heavy atom. The fourth-order valence-electron chi connectivity index (χ4n) is 3.20. The van der Waals surface area contributed by atoms with Crippen molar-refractivity contribution in [3.8, 4) is 22.8 Å². The van der Waals surface area contributed by atoms with Crippen LogP contribution in [0.3, 0.4) is 0 Å². The summed E-state index contributed by atoms with van der Waals surface area (Å²) in [7, 11) is 3.06. The molecule has 2 N–H and O–H groups in total. The zero-order valence-corrected chi connectivity index (χ0v) is 21.8. The van der Waals surface area contributed by atoms with E-state index in [1.807, 2.05) is 29.6 Å². The van der Waals surface area contributed by atoms with Crippen LogP contribution in [0.2, 0.25) is 5.02 Å². The molecule has 7 nitrogen and oxygen atoms in total. The third-order valence-corrected chi connectivity index (χ3v) is 7.04. The average molecular weight is 540 g/mol. The van der Waals surface area contributed by atoms with Crippen molar-refractivity contribution in [2.24, 2.45) is 0 Å². The van der Waals surface area contributed by atoms with Crippen LogP contribution in [0.5, 0.6) is 11.5 Å². The minimum absolute atomic E-state index is 0.150. The number of halogens is 1. The number of anilines is 2. The van der Waals surface area contributed by atoms with Gasteiger partial charge in [0.1, 0.15) is 0 Å². The van der Waals surface area contributed by atoms with Crippen LogP contribution in [-0.2, 0) is 4.79 Å². The first kappa shape index (κ1) is 25.6. The molecule has 0 fully saturated rings. The van der Waals surface area contributed by atoms with Crippen molar-refractivity contribution in [1.29, 1.82) is 0 Å². The Bertz CT molecular complexity index is 1360. The summed E-state index contributed by atoms with van der Waals surface area (Å²) in [5.41, 5.74) is 2.81. The summed E-state index contributed by atoms with van der Waals surface area (Å²) in [6.45, 7) is 0. The molecule has 4 rings (SSSR count). The predicted molar refractivity (Wildman–Crippen MR) is 146 cm³/mol. The smallest absolute Gasteiger partial charge is 0.255 e.